The van der Waals surface area contributed by atoms with Gasteiger partial charge < -0.3 is 20.4 Å². The van der Waals surface area contributed by atoms with E-state index in [1.807, 2.05) is 35.7 Å². The number of aromatic amines is 1. The van der Waals surface area contributed by atoms with Gasteiger partial charge in [-0.25, -0.2) is 0 Å². The van der Waals surface area contributed by atoms with E-state index in [9.17, 15) is 14.4 Å². The van der Waals surface area contributed by atoms with Crippen molar-refractivity contribution in [3.05, 3.63) is 82.6 Å². The van der Waals surface area contributed by atoms with Crippen LogP contribution in [0.4, 0.5) is 0 Å². The van der Waals surface area contributed by atoms with Crippen molar-refractivity contribution >= 4 is 39.8 Å². The largest absolute Gasteiger partial charge is 0.354 e. The number of amides is 2. The molecule has 0 fully saturated rings. The summed E-state index contributed by atoms with van der Waals surface area (Å²) in [5.74, 6) is -0.253. The molecule has 0 saturated heterocycles. The summed E-state index contributed by atoms with van der Waals surface area (Å²) < 4.78 is 0. The van der Waals surface area contributed by atoms with Gasteiger partial charge in [0.15, 0.2) is 0 Å². The average molecular weight is 516 g/mol. The molecule has 0 radical (unpaired) electrons. The van der Waals surface area contributed by atoms with E-state index in [-0.39, 0.29) is 17.6 Å². The number of ketones is 1. The first-order chi connectivity index (χ1) is 18.0. The molecule has 0 aliphatic heterocycles. The predicted octanol–water partition coefficient (Wildman–Crippen LogP) is 5.89. The quantitative estimate of drug-likeness (QED) is 0.194. The summed E-state index contributed by atoms with van der Waals surface area (Å²) in [4.78, 5) is 40.6. The zero-order valence-electron chi connectivity index (χ0n) is 21.1. The zero-order chi connectivity index (χ0) is 26.0. The number of para-hydroxylation sites is 1. The molecule has 2 aromatic heterocycles. The zero-order valence-corrected chi connectivity index (χ0v) is 21.9. The number of hydrogen-bond acceptors (Lipinski definition) is 4. The number of unbranched alkanes of at least 4 members (excludes halogenated alkanes) is 2. The van der Waals surface area contributed by atoms with Crippen molar-refractivity contribution in [2.24, 2.45) is 0 Å². The SMILES string of the molecule is CC(=O)CCCCC[C@H](NC(=O)c1ccsc1)C(=O)NCCc1c(-c2ccccc2)[nH]c2ccccc12. The van der Waals surface area contributed by atoms with E-state index >= 15 is 0 Å². The number of nitrogens with one attached hydrogen (secondary N) is 3. The van der Waals surface area contributed by atoms with Gasteiger partial charge in [0.05, 0.1) is 5.56 Å². The summed E-state index contributed by atoms with van der Waals surface area (Å²) in [5, 5.41) is 10.7. The molecule has 2 heterocycles. The molecule has 7 heteroatoms. The van der Waals surface area contributed by atoms with Crippen LogP contribution in [0, 0.1) is 0 Å². The molecule has 1 atom stereocenters. The maximum absolute atomic E-state index is 13.2. The predicted molar refractivity (Wildman–Crippen MR) is 150 cm³/mol. The molecule has 37 heavy (non-hydrogen) atoms. The van der Waals surface area contributed by atoms with Crippen molar-refractivity contribution in [1.82, 2.24) is 15.6 Å². The van der Waals surface area contributed by atoms with Crippen LogP contribution in [0.3, 0.4) is 0 Å². The summed E-state index contributed by atoms with van der Waals surface area (Å²) in [6.45, 7) is 2.05. The maximum Gasteiger partial charge on any atom is 0.252 e. The number of H-pyrrole nitrogens is 1. The first-order valence-corrected chi connectivity index (χ1v) is 13.7. The number of fused-ring (bicyclic) bond motifs is 1. The van der Waals surface area contributed by atoms with Crippen molar-refractivity contribution in [2.45, 2.75) is 51.5 Å². The molecule has 6 nitrogen and oxygen atoms in total. The first-order valence-electron chi connectivity index (χ1n) is 12.8. The summed E-state index contributed by atoms with van der Waals surface area (Å²) in [6, 6.07) is 19.5. The summed E-state index contributed by atoms with van der Waals surface area (Å²) in [7, 11) is 0. The van der Waals surface area contributed by atoms with Crippen molar-refractivity contribution in [3.8, 4) is 11.3 Å². The van der Waals surface area contributed by atoms with E-state index in [1.165, 1.54) is 11.3 Å². The molecule has 0 aliphatic carbocycles. The molecule has 4 rings (SSSR count). The van der Waals surface area contributed by atoms with Gasteiger partial charge in [0, 0.05) is 34.9 Å². The summed E-state index contributed by atoms with van der Waals surface area (Å²) in [5.41, 5.74) is 4.94. The van der Waals surface area contributed by atoms with Crippen LogP contribution in [0.2, 0.25) is 0 Å². The lowest BCUT2D eigenvalue weighted by Crippen LogP contribution is -2.47. The molecule has 0 unspecified atom stereocenters. The Morgan fingerprint density at radius 1 is 0.946 bits per heavy atom. The lowest BCUT2D eigenvalue weighted by atomic mass is 10.0. The van der Waals surface area contributed by atoms with E-state index in [0.29, 0.717) is 31.4 Å². The second-order valence-electron chi connectivity index (χ2n) is 9.27. The topological polar surface area (TPSA) is 91.1 Å². The minimum atomic E-state index is -0.624. The minimum Gasteiger partial charge on any atom is -0.354 e. The number of hydrogen-bond donors (Lipinski definition) is 3. The molecule has 0 spiro atoms. The molecule has 2 amide bonds. The van der Waals surface area contributed by atoms with Gasteiger partial charge in [0.25, 0.3) is 5.91 Å². The van der Waals surface area contributed by atoms with Gasteiger partial charge in [-0.3, -0.25) is 9.59 Å². The highest BCUT2D eigenvalue weighted by Crippen LogP contribution is 2.30. The van der Waals surface area contributed by atoms with E-state index in [0.717, 1.165) is 47.0 Å². The highest BCUT2D eigenvalue weighted by molar-refractivity contribution is 7.08. The van der Waals surface area contributed by atoms with Crippen LogP contribution >= 0.6 is 11.3 Å². The Hall–Kier alpha value is -3.71. The van der Waals surface area contributed by atoms with Gasteiger partial charge in [0.1, 0.15) is 11.8 Å². The Morgan fingerprint density at radius 2 is 1.73 bits per heavy atom. The molecule has 4 aromatic rings. The van der Waals surface area contributed by atoms with Crippen LogP contribution in [-0.4, -0.2) is 35.2 Å². The Kier molecular flexibility index (Phi) is 9.27. The van der Waals surface area contributed by atoms with E-state index in [2.05, 4.69) is 39.9 Å². The normalized spacial score (nSPS) is 11.8. The number of aromatic nitrogens is 1. The summed E-state index contributed by atoms with van der Waals surface area (Å²) >= 11 is 1.45. The number of carbonyl (C=O) groups excluding carboxylic acids is 3. The van der Waals surface area contributed by atoms with Gasteiger partial charge in [-0.15, -0.1) is 0 Å². The molecular weight excluding hydrogens is 482 g/mol. The van der Waals surface area contributed by atoms with Gasteiger partial charge >= 0.3 is 0 Å². The Balaban J connectivity index is 1.42. The van der Waals surface area contributed by atoms with Gasteiger partial charge in [-0.1, -0.05) is 61.4 Å². The number of benzene rings is 2. The van der Waals surface area contributed by atoms with Gasteiger partial charge in [0.2, 0.25) is 5.91 Å². The van der Waals surface area contributed by atoms with Crippen LogP contribution in [0.5, 0.6) is 0 Å². The monoisotopic (exact) mass is 515 g/mol. The second-order valence-corrected chi connectivity index (χ2v) is 10.1. The van der Waals surface area contributed by atoms with Crippen LogP contribution in [-0.2, 0) is 16.0 Å². The van der Waals surface area contributed by atoms with E-state index in [1.54, 1.807) is 18.4 Å². The Bertz CT molecular complexity index is 1330. The van der Waals surface area contributed by atoms with Crippen molar-refractivity contribution in [2.75, 3.05) is 6.54 Å². The fourth-order valence-electron chi connectivity index (χ4n) is 4.55. The minimum absolute atomic E-state index is 0.173. The number of Topliss-reactive ketones (excluding diaryl/α,β-unsaturated/α-hetero) is 1. The molecule has 2 aromatic carbocycles. The number of carbonyl (C=O) groups is 3. The highest BCUT2D eigenvalue weighted by atomic mass is 32.1. The molecule has 192 valence electrons. The smallest absolute Gasteiger partial charge is 0.252 e. The van der Waals surface area contributed by atoms with Crippen LogP contribution < -0.4 is 10.6 Å². The van der Waals surface area contributed by atoms with E-state index in [4.69, 9.17) is 0 Å². The lowest BCUT2D eigenvalue weighted by Gasteiger charge is -2.18. The van der Waals surface area contributed by atoms with Crippen molar-refractivity contribution in [1.29, 1.82) is 0 Å². The van der Waals surface area contributed by atoms with Crippen molar-refractivity contribution in [3.63, 3.8) is 0 Å². The number of rotatable bonds is 13. The summed E-state index contributed by atoms with van der Waals surface area (Å²) in [6.07, 6.45) is 4.13. The fourth-order valence-corrected chi connectivity index (χ4v) is 5.18. The fraction of sp³-hybridized carbons (Fsp3) is 0.300. The van der Waals surface area contributed by atoms with Gasteiger partial charge in [-0.05, 0) is 54.8 Å². The molecule has 0 aliphatic rings. The Morgan fingerprint density at radius 3 is 2.49 bits per heavy atom. The highest BCUT2D eigenvalue weighted by Gasteiger charge is 2.22. The third-order valence-electron chi connectivity index (χ3n) is 6.48. The van der Waals surface area contributed by atoms with Gasteiger partial charge in [-0.2, -0.15) is 11.3 Å². The molecular formula is C30H33N3O3S. The average Bonchev–Trinajstić information content (AvgIpc) is 3.57. The second kappa shape index (κ2) is 13.0. The molecule has 0 bridgehead atoms. The third kappa shape index (κ3) is 7.17. The molecule has 3 N–H and O–H groups in total. The van der Waals surface area contributed by atoms with Crippen LogP contribution in [0.25, 0.3) is 22.2 Å². The number of thiophene rings is 1. The third-order valence-corrected chi connectivity index (χ3v) is 7.16. The Labute approximate surface area is 221 Å². The van der Waals surface area contributed by atoms with Crippen molar-refractivity contribution < 1.29 is 14.4 Å². The lowest BCUT2D eigenvalue weighted by molar-refractivity contribution is -0.123. The standard InChI is InChI=1S/C30H33N3O3S/c1-21(34)10-4-2-7-15-27(33-29(35)23-17-19-37-20-23)30(36)31-18-16-25-24-13-8-9-14-26(24)32-28(25)22-11-5-3-6-12-22/h3,5-6,8-9,11-14,17,19-20,27,32H,2,4,7,10,15-16,18H2,1H3,(H,31,36)(H,33,35)/t27-/m0/s1. The first kappa shape index (κ1) is 26.4. The van der Waals surface area contributed by atoms with Crippen LogP contribution in [0.15, 0.2) is 71.4 Å². The van der Waals surface area contributed by atoms with Crippen LogP contribution in [0.1, 0.15) is 54.9 Å². The maximum atomic E-state index is 13.2. The van der Waals surface area contributed by atoms with E-state index < -0.39 is 6.04 Å². The molecule has 0 saturated carbocycles.